The van der Waals surface area contributed by atoms with Crippen LogP contribution < -0.4 is 0 Å². The summed E-state index contributed by atoms with van der Waals surface area (Å²) in [5.41, 5.74) is -1.08. The van der Waals surface area contributed by atoms with Crippen molar-refractivity contribution in [2.24, 2.45) is 23.2 Å². The Morgan fingerprint density at radius 1 is 0.816 bits per heavy atom. The molecule has 0 bridgehead atoms. The standard InChI is InChI=1S/C60H106O14Si2/c1-18-19-20-21-22-27-52(62)71-55-44(35-53(63)66-13)34-48(73-60(55,65)58(11,12)31-24-32-61)38-50(41-68-75(14,15)56(5,6)7)70-54(64)39-49(74-76(16,17)57(8,9)10)37-46-26-23-25-45(69-46)36-47-30-33-67-59(72-47)40-43(4)28-29-51(59)42(2)3/h24,31-32,35,42-43,45-51,55,65H,18-23,25-30,33-34,36-41H2,1-17H3/b31-24+,44-35+/t43-,45-,46+,47+,48+,49+,50-,51+,55+,59?,60-/m1/s1. The van der Waals surface area contributed by atoms with E-state index in [1.54, 1.807) is 13.8 Å². The molecule has 16 heteroatoms. The molecule has 0 aromatic rings. The van der Waals surface area contributed by atoms with Gasteiger partial charge >= 0.3 is 17.9 Å². The fourth-order valence-corrected chi connectivity index (χ4v) is 13.5. The molecule has 1 saturated carbocycles. The molecule has 1 aliphatic carbocycles. The van der Waals surface area contributed by atoms with E-state index in [1.807, 2.05) is 0 Å². The monoisotopic (exact) mass is 1110 g/mol. The molecule has 1 unspecified atom stereocenters. The smallest absolute Gasteiger partial charge is 0.330 e. The van der Waals surface area contributed by atoms with Gasteiger partial charge in [-0.25, -0.2) is 4.79 Å². The molecule has 0 amide bonds. The second-order valence-electron chi connectivity index (χ2n) is 27.0. The van der Waals surface area contributed by atoms with Crippen molar-refractivity contribution in [1.29, 1.82) is 0 Å². The average Bonchev–Trinajstić information content (AvgIpc) is 3.30. The predicted octanol–water partition coefficient (Wildman–Crippen LogP) is 13.0. The van der Waals surface area contributed by atoms with Crippen LogP contribution in [-0.4, -0.2) is 121 Å². The summed E-state index contributed by atoms with van der Waals surface area (Å²) in [6, 6.07) is 0. The van der Waals surface area contributed by atoms with Gasteiger partial charge in [0.15, 0.2) is 28.5 Å². The molecule has 3 heterocycles. The first kappa shape index (κ1) is 66.2. The summed E-state index contributed by atoms with van der Waals surface area (Å²) >= 11 is 0. The number of rotatable bonds is 26. The van der Waals surface area contributed by atoms with Gasteiger partial charge in [0.05, 0.1) is 57.3 Å². The molecule has 0 aromatic carbocycles. The number of esters is 3. The van der Waals surface area contributed by atoms with Crippen LogP contribution in [-0.2, 0) is 61.2 Å². The fourth-order valence-electron chi connectivity index (χ4n) is 11.1. The maximum Gasteiger partial charge on any atom is 0.330 e. The number of hydrogen-bond donors (Lipinski definition) is 1. The van der Waals surface area contributed by atoms with Crippen molar-refractivity contribution in [1.82, 2.24) is 0 Å². The maximum absolute atomic E-state index is 14.7. The first-order chi connectivity index (χ1) is 35.3. The summed E-state index contributed by atoms with van der Waals surface area (Å²) < 4.78 is 58.8. The van der Waals surface area contributed by atoms with Crippen LogP contribution >= 0.6 is 0 Å². The normalized spacial score (nSPS) is 29.6. The molecular formula is C60H106O14Si2. The molecule has 11 atom stereocenters. The number of ether oxygens (including phenoxy) is 7. The summed E-state index contributed by atoms with van der Waals surface area (Å²) in [4.78, 5) is 53.0. The van der Waals surface area contributed by atoms with Crippen molar-refractivity contribution >= 4 is 40.8 Å². The van der Waals surface area contributed by atoms with E-state index in [2.05, 4.69) is 95.4 Å². The third kappa shape index (κ3) is 18.6. The van der Waals surface area contributed by atoms with Gasteiger partial charge in [-0.3, -0.25) is 14.4 Å². The Hall–Kier alpha value is -2.29. The summed E-state index contributed by atoms with van der Waals surface area (Å²) in [6.45, 7) is 34.8. The van der Waals surface area contributed by atoms with Gasteiger partial charge in [-0.2, -0.15) is 0 Å². The lowest BCUT2D eigenvalue weighted by molar-refractivity contribution is -0.342. The predicted molar refractivity (Wildman–Crippen MR) is 302 cm³/mol. The minimum absolute atomic E-state index is 0.0135. The van der Waals surface area contributed by atoms with Crippen LogP contribution in [0.4, 0.5) is 0 Å². The van der Waals surface area contributed by atoms with E-state index in [0.717, 1.165) is 70.6 Å². The third-order valence-electron chi connectivity index (χ3n) is 17.8. The molecule has 76 heavy (non-hydrogen) atoms. The molecule has 0 radical (unpaired) electrons. The largest absolute Gasteiger partial charge is 0.466 e. The maximum atomic E-state index is 14.7. The van der Waals surface area contributed by atoms with Gasteiger partial charge < -0.3 is 47.1 Å². The number of allylic oxidation sites excluding steroid dienone is 1. The van der Waals surface area contributed by atoms with Crippen molar-refractivity contribution in [3.63, 3.8) is 0 Å². The van der Waals surface area contributed by atoms with Crippen LogP contribution in [0.2, 0.25) is 36.3 Å². The van der Waals surface area contributed by atoms with Gasteiger partial charge in [-0.05, 0) is 118 Å². The quantitative estimate of drug-likeness (QED) is 0.0217. The van der Waals surface area contributed by atoms with E-state index in [-0.39, 0.29) is 66.3 Å². The number of hydrogen-bond acceptors (Lipinski definition) is 14. The van der Waals surface area contributed by atoms with Gasteiger partial charge in [0.1, 0.15) is 12.4 Å². The first-order valence-corrected chi connectivity index (χ1v) is 35.1. The van der Waals surface area contributed by atoms with Crippen molar-refractivity contribution in [3.8, 4) is 0 Å². The van der Waals surface area contributed by atoms with E-state index in [0.29, 0.717) is 43.5 Å². The summed E-state index contributed by atoms with van der Waals surface area (Å²) in [7, 11) is -3.59. The van der Waals surface area contributed by atoms with Crippen LogP contribution in [0, 0.1) is 23.2 Å². The molecule has 1 N–H and O–H groups in total. The van der Waals surface area contributed by atoms with Crippen molar-refractivity contribution in [2.45, 2.75) is 289 Å². The first-order valence-electron chi connectivity index (χ1n) is 29.3. The zero-order valence-corrected chi connectivity index (χ0v) is 52.5. The highest BCUT2D eigenvalue weighted by atomic mass is 28.4. The fraction of sp³-hybridized carbons (Fsp3) is 0.867. The molecule has 4 aliphatic rings. The van der Waals surface area contributed by atoms with Gasteiger partial charge in [0.25, 0.3) is 0 Å². The van der Waals surface area contributed by atoms with Crippen LogP contribution in [0.25, 0.3) is 0 Å². The highest BCUT2D eigenvalue weighted by Crippen LogP contribution is 2.49. The third-order valence-corrected chi connectivity index (χ3v) is 26.8. The average molecular weight is 1110 g/mol. The van der Waals surface area contributed by atoms with Crippen molar-refractivity contribution < 1.29 is 66.3 Å². The molecule has 3 saturated heterocycles. The Balaban J connectivity index is 1.63. The molecule has 14 nitrogen and oxygen atoms in total. The minimum atomic E-state index is -2.42. The SMILES string of the molecule is CCCCCCCC(=O)O[C@H]1/C(=C/C(=O)OC)C[C@@H](C[C@H](CO[Si](C)(C)C(C)(C)C)OC(=O)C[C@H](C[C@@H]2CCC[C@H](C[C@@H]3CCOC4(C[C@H](C)CC[C@H]4C(C)C)O3)O2)O[Si](C)(C)C(C)(C)C)O[C@@]1(O)C(C)(C)/C=C/C=O. The number of aliphatic hydroxyl groups is 1. The highest BCUT2D eigenvalue weighted by molar-refractivity contribution is 6.74. The van der Waals surface area contributed by atoms with E-state index in [1.165, 1.54) is 31.8 Å². The zero-order valence-electron chi connectivity index (χ0n) is 50.5. The molecular weight excluding hydrogens is 1000 g/mol. The Bertz CT molecular complexity index is 1920. The van der Waals surface area contributed by atoms with Gasteiger partial charge in [-0.1, -0.05) is 121 Å². The Labute approximate surface area is 461 Å². The number of carbonyl (C=O) groups excluding carboxylic acids is 4. The lowest BCUT2D eigenvalue weighted by atomic mass is 9.72. The van der Waals surface area contributed by atoms with Crippen LogP contribution in [0.15, 0.2) is 23.8 Å². The molecule has 0 aromatic heterocycles. The Kier molecular flexibility index (Phi) is 24.8. The lowest BCUT2D eigenvalue weighted by Gasteiger charge is -2.51. The van der Waals surface area contributed by atoms with Crippen molar-refractivity contribution in [3.05, 3.63) is 23.8 Å². The van der Waals surface area contributed by atoms with E-state index >= 15 is 0 Å². The minimum Gasteiger partial charge on any atom is -0.466 e. The topological polar surface area (TPSA) is 172 Å². The summed E-state index contributed by atoms with van der Waals surface area (Å²) in [5, 5.41) is 12.6. The van der Waals surface area contributed by atoms with Crippen LogP contribution in [0.1, 0.15) is 199 Å². The number of aldehydes is 1. The van der Waals surface area contributed by atoms with E-state index in [4.69, 9.17) is 42.0 Å². The molecule has 1 spiro atoms. The number of methoxy groups -OCH3 is 1. The van der Waals surface area contributed by atoms with Gasteiger partial charge in [-0.15, -0.1) is 0 Å². The van der Waals surface area contributed by atoms with Crippen LogP contribution in [0.5, 0.6) is 0 Å². The summed E-state index contributed by atoms with van der Waals surface area (Å²) in [5.74, 6) is -3.17. The summed E-state index contributed by atoms with van der Waals surface area (Å²) in [6.07, 6.45) is 13.8. The Morgan fingerprint density at radius 2 is 1.47 bits per heavy atom. The van der Waals surface area contributed by atoms with Gasteiger partial charge in [0, 0.05) is 36.7 Å². The molecule has 4 fully saturated rings. The highest BCUT2D eigenvalue weighted by Gasteiger charge is 2.58. The molecule has 438 valence electrons. The van der Waals surface area contributed by atoms with E-state index in [9.17, 15) is 24.3 Å². The number of carbonyl (C=O) groups is 4. The second-order valence-corrected chi connectivity index (χ2v) is 36.5. The van der Waals surface area contributed by atoms with Crippen LogP contribution in [0.3, 0.4) is 0 Å². The molecule has 4 rings (SSSR count). The van der Waals surface area contributed by atoms with E-state index < -0.39 is 75.9 Å². The second kappa shape index (κ2) is 28.4. The van der Waals surface area contributed by atoms with Crippen molar-refractivity contribution in [2.75, 3.05) is 20.3 Å². The lowest BCUT2D eigenvalue weighted by Crippen LogP contribution is -2.62. The zero-order chi connectivity index (χ0) is 56.9. The van der Waals surface area contributed by atoms with Gasteiger partial charge in [0.2, 0.25) is 5.79 Å². The molecule has 3 aliphatic heterocycles. The Morgan fingerprint density at radius 3 is 2.11 bits per heavy atom. The number of unbranched alkanes of at least 4 members (excludes halogenated alkanes) is 4.